The van der Waals surface area contributed by atoms with Crippen LogP contribution < -0.4 is 5.73 Å². The van der Waals surface area contributed by atoms with E-state index >= 15 is 0 Å². The highest BCUT2D eigenvalue weighted by atomic mass is 32.1. The van der Waals surface area contributed by atoms with E-state index in [2.05, 4.69) is 0 Å². The van der Waals surface area contributed by atoms with Crippen molar-refractivity contribution in [3.05, 3.63) is 82.3 Å². The van der Waals surface area contributed by atoms with Crippen molar-refractivity contribution in [3.63, 3.8) is 0 Å². The Morgan fingerprint density at radius 1 is 1.03 bits per heavy atom. The smallest absolute Gasteiger partial charge is 0.326 e. The van der Waals surface area contributed by atoms with E-state index in [4.69, 9.17) is 5.73 Å². The predicted octanol–water partition coefficient (Wildman–Crippen LogP) is 4.74. The lowest BCUT2D eigenvalue weighted by Gasteiger charge is -2.42. The molecule has 2 aromatic carbocycles. The molecule has 0 saturated carbocycles. The van der Waals surface area contributed by atoms with Gasteiger partial charge in [0, 0.05) is 17.5 Å². The lowest BCUT2D eigenvalue weighted by atomic mass is 9.89. The molecule has 34 heavy (non-hydrogen) atoms. The predicted molar refractivity (Wildman–Crippen MR) is 130 cm³/mol. The van der Waals surface area contributed by atoms with Gasteiger partial charge in [-0.15, -0.1) is 0 Å². The number of carbonyl (C=O) groups excluding carboxylic acids is 2. The largest absolute Gasteiger partial charge is 0.480 e. The van der Waals surface area contributed by atoms with Gasteiger partial charge in [0.15, 0.2) is 0 Å². The molecule has 0 spiro atoms. The minimum atomic E-state index is -1.27. The Labute approximate surface area is 201 Å². The summed E-state index contributed by atoms with van der Waals surface area (Å²) >= 11 is 1.57. The minimum Gasteiger partial charge on any atom is -0.480 e. The first-order chi connectivity index (χ1) is 16.1. The number of carboxylic acids is 1. The van der Waals surface area contributed by atoms with Gasteiger partial charge in [-0.25, -0.2) is 9.18 Å². The van der Waals surface area contributed by atoms with Crippen LogP contribution in [0.4, 0.5) is 4.39 Å². The first-order valence-corrected chi connectivity index (χ1v) is 11.7. The normalized spacial score (nSPS) is 12.2. The highest BCUT2D eigenvalue weighted by molar-refractivity contribution is 7.08. The second-order valence-electron chi connectivity index (χ2n) is 8.74. The third-order valence-corrected chi connectivity index (χ3v) is 6.35. The average Bonchev–Trinajstić information content (AvgIpc) is 3.32. The maximum Gasteiger partial charge on any atom is 0.326 e. The first-order valence-electron chi connectivity index (χ1n) is 10.8. The number of halogens is 1. The summed E-state index contributed by atoms with van der Waals surface area (Å²) in [5.41, 5.74) is 7.35. The van der Waals surface area contributed by atoms with Gasteiger partial charge >= 0.3 is 5.97 Å². The van der Waals surface area contributed by atoms with Gasteiger partial charge in [0.05, 0.1) is 0 Å². The van der Waals surface area contributed by atoms with Gasteiger partial charge in [-0.2, -0.15) is 11.3 Å². The van der Waals surface area contributed by atoms with Crippen molar-refractivity contribution in [2.75, 3.05) is 0 Å². The Morgan fingerprint density at radius 3 is 2.21 bits per heavy atom. The van der Waals surface area contributed by atoms with Crippen molar-refractivity contribution in [3.8, 4) is 11.1 Å². The zero-order valence-electron chi connectivity index (χ0n) is 19.0. The summed E-state index contributed by atoms with van der Waals surface area (Å²) < 4.78 is 13.4. The molecule has 3 aromatic rings. The summed E-state index contributed by atoms with van der Waals surface area (Å²) in [7, 11) is 0. The lowest BCUT2D eigenvalue weighted by Crippen LogP contribution is -2.57. The molecule has 0 bridgehead atoms. The number of benzene rings is 2. The van der Waals surface area contributed by atoms with E-state index in [1.165, 1.54) is 17.0 Å². The van der Waals surface area contributed by atoms with Crippen LogP contribution in [0.1, 0.15) is 42.6 Å². The van der Waals surface area contributed by atoms with Crippen molar-refractivity contribution < 1.29 is 23.9 Å². The summed E-state index contributed by atoms with van der Waals surface area (Å²) in [6, 6.07) is 13.5. The maximum absolute atomic E-state index is 13.7. The fourth-order valence-electron chi connectivity index (χ4n) is 4.04. The summed E-state index contributed by atoms with van der Waals surface area (Å²) in [6.45, 7) is 3.52. The molecule has 1 atom stereocenters. The van der Waals surface area contributed by atoms with Gasteiger partial charge < -0.3 is 15.7 Å². The molecular weight excluding hydrogens is 455 g/mol. The van der Waals surface area contributed by atoms with Crippen molar-refractivity contribution in [2.45, 2.75) is 44.7 Å². The molecule has 0 unspecified atom stereocenters. The number of hydrogen-bond donors (Lipinski definition) is 2. The van der Waals surface area contributed by atoms with Crippen LogP contribution in [0.5, 0.6) is 0 Å². The van der Waals surface area contributed by atoms with Gasteiger partial charge in [-0.3, -0.25) is 9.59 Å². The number of carboxylic acid groups (broad SMARTS) is 1. The summed E-state index contributed by atoms with van der Waals surface area (Å²) in [4.78, 5) is 38.7. The summed E-state index contributed by atoms with van der Waals surface area (Å²) in [6.07, 6.45) is -0.00688. The van der Waals surface area contributed by atoms with Crippen molar-refractivity contribution >= 4 is 29.1 Å². The van der Waals surface area contributed by atoms with Gasteiger partial charge in [0.2, 0.25) is 5.91 Å². The third kappa shape index (κ3) is 6.08. The number of thiophene rings is 1. The molecule has 1 aromatic heterocycles. The van der Waals surface area contributed by atoms with E-state index < -0.39 is 29.4 Å². The van der Waals surface area contributed by atoms with E-state index in [1.807, 2.05) is 29.0 Å². The molecule has 0 saturated heterocycles. The molecule has 8 heteroatoms. The van der Waals surface area contributed by atoms with Crippen LogP contribution in [-0.2, 0) is 16.0 Å². The van der Waals surface area contributed by atoms with Crippen LogP contribution >= 0.6 is 11.3 Å². The molecule has 0 aliphatic carbocycles. The molecule has 0 aliphatic heterocycles. The maximum atomic E-state index is 13.7. The third-order valence-electron chi connectivity index (χ3n) is 5.67. The average molecular weight is 483 g/mol. The van der Waals surface area contributed by atoms with Crippen LogP contribution in [-0.4, -0.2) is 39.4 Å². The van der Waals surface area contributed by atoms with Crippen LogP contribution in [0, 0.1) is 5.82 Å². The number of carbonyl (C=O) groups is 3. The second-order valence-corrected chi connectivity index (χ2v) is 9.52. The Bertz CT molecular complexity index is 1140. The Balaban J connectivity index is 1.98. The standard InChI is InChI=1S/C26H27FN2O4S/c1-26(2,15-17-3-9-21(27)10-4-17)29(22(25(32)33)11-12-23(28)30)24(31)19-7-5-18(6-8-19)20-13-14-34-16-20/h3-10,13-14,16,22H,11-12,15H2,1-2H3,(H2,28,30)(H,32,33)/t22-/m0/s1. The molecular formula is C26H27FN2O4S. The zero-order chi connectivity index (χ0) is 24.9. The minimum absolute atomic E-state index is 0.115. The van der Waals surface area contributed by atoms with E-state index in [1.54, 1.807) is 49.4 Å². The van der Waals surface area contributed by atoms with Gasteiger partial charge in [-0.05, 0) is 84.5 Å². The Morgan fingerprint density at radius 2 is 1.68 bits per heavy atom. The van der Waals surface area contributed by atoms with Crippen LogP contribution in [0.25, 0.3) is 11.1 Å². The van der Waals surface area contributed by atoms with E-state index in [0.717, 1.165) is 16.7 Å². The van der Waals surface area contributed by atoms with Gasteiger partial charge in [-0.1, -0.05) is 24.3 Å². The van der Waals surface area contributed by atoms with E-state index in [9.17, 15) is 23.9 Å². The van der Waals surface area contributed by atoms with Gasteiger partial charge in [0.1, 0.15) is 11.9 Å². The van der Waals surface area contributed by atoms with E-state index in [-0.39, 0.29) is 25.1 Å². The molecule has 1 heterocycles. The highest BCUT2D eigenvalue weighted by Crippen LogP contribution is 2.29. The lowest BCUT2D eigenvalue weighted by molar-refractivity contribution is -0.144. The number of amides is 2. The van der Waals surface area contributed by atoms with Crippen LogP contribution in [0.15, 0.2) is 65.4 Å². The topological polar surface area (TPSA) is 101 Å². The molecule has 0 aliphatic rings. The number of nitrogens with two attached hydrogens (primary N) is 1. The Kier molecular flexibility index (Phi) is 7.83. The number of primary amides is 1. The zero-order valence-corrected chi connectivity index (χ0v) is 19.8. The fourth-order valence-corrected chi connectivity index (χ4v) is 4.71. The van der Waals surface area contributed by atoms with Crippen molar-refractivity contribution in [1.29, 1.82) is 0 Å². The summed E-state index contributed by atoms with van der Waals surface area (Å²) in [5, 5.41) is 14.0. The SMILES string of the molecule is CC(C)(Cc1ccc(F)cc1)N(C(=O)c1ccc(-c2ccsc2)cc1)[C@@H](CCC(N)=O)C(=O)O. The second kappa shape index (κ2) is 10.6. The van der Waals surface area contributed by atoms with Gasteiger partial charge in [0.25, 0.3) is 5.91 Å². The molecule has 0 fully saturated rings. The number of aliphatic carboxylic acids is 1. The monoisotopic (exact) mass is 482 g/mol. The first kappa shape index (κ1) is 25.1. The Hall–Kier alpha value is -3.52. The quantitative estimate of drug-likeness (QED) is 0.436. The number of hydrogen-bond acceptors (Lipinski definition) is 4. The summed E-state index contributed by atoms with van der Waals surface area (Å²) in [5.74, 6) is -2.72. The van der Waals surface area contributed by atoms with Crippen LogP contribution in [0.2, 0.25) is 0 Å². The van der Waals surface area contributed by atoms with Crippen molar-refractivity contribution in [2.24, 2.45) is 5.73 Å². The number of nitrogens with zero attached hydrogens (tertiary/aromatic N) is 1. The molecule has 2 amide bonds. The molecule has 178 valence electrons. The molecule has 6 nitrogen and oxygen atoms in total. The molecule has 3 rings (SSSR count). The molecule has 0 radical (unpaired) electrons. The molecule has 3 N–H and O–H groups in total. The van der Waals surface area contributed by atoms with E-state index in [0.29, 0.717) is 5.56 Å². The van der Waals surface area contributed by atoms with Crippen LogP contribution in [0.3, 0.4) is 0 Å². The number of rotatable bonds is 10. The van der Waals surface area contributed by atoms with Crippen molar-refractivity contribution in [1.82, 2.24) is 4.90 Å². The highest BCUT2D eigenvalue weighted by Gasteiger charge is 2.40. The fraction of sp³-hybridized carbons (Fsp3) is 0.269.